The lowest BCUT2D eigenvalue weighted by molar-refractivity contribution is -0.148. The van der Waals surface area contributed by atoms with Crippen LogP contribution in [-0.4, -0.2) is 51.9 Å². The standard InChI is InChI=1S/C18H23N5O3S/c1-11-8-12(2)20-17(19-11)22-18-21-14(10-27-18)9-15(24)23-6-4-13(5-7-23)16(25)26-3/h8,10,13H,4-7,9H2,1-3H3,(H,19,20,21,22). The van der Waals surface area contributed by atoms with E-state index in [1.54, 1.807) is 4.90 Å². The van der Waals surface area contributed by atoms with Crippen molar-refractivity contribution < 1.29 is 14.3 Å². The van der Waals surface area contributed by atoms with Gasteiger partial charge in [-0.3, -0.25) is 9.59 Å². The highest BCUT2D eigenvalue weighted by atomic mass is 32.1. The van der Waals surface area contributed by atoms with Crippen molar-refractivity contribution in [3.05, 3.63) is 28.5 Å². The summed E-state index contributed by atoms with van der Waals surface area (Å²) < 4.78 is 4.78. The Morgan fingerprint density at radius 1 is 1.22 bits per heavy atom. The minimum atomic E-state index is -0.189. The first-order chi connectivity index (χ1) is 12.9. The number of nitrogens with zero attached hydrogens (tertiary/aromatic N) is 4. The van der Waals surface area contributed by atoms with Crippen LogP contribution in [0.2, 0.25) is 0 Å². The molecule has 9 heteroatoms. The second-order valence-electron chi connectivity index (χ2n) is 6.60. The van der Waals surface area contributed by atoms with E-state index in [1.807, 2.05) is 25.3 Å². The van der Waals surface area contributed by atoms with Crippen LogP contribution in [0.15, 0.2) is 11.4 Å². The fourth-order valence-corrected chi connectivity index (χ4v) is 3.82. The second-order valence-corrected chi connectivity index (χ2v) is 7.46. The molecule has 2 aromatic heterocycles. The molecule has 8 nitrogen and oxygen atoms in total. The summed E-state index contributed by atoms with van der Waals surface area (Å²) in [5.74, 6) is 0.236. The van der Waals surface area contributed by atoms with Crippen molar-refractivity contribution >= 4 is 34.3 Å². The van der Waals surface area contributed by atoms with Gasteiger partial charge >= 0.3 is 5.97 Å². The molecule has 3 heterocycles. The molecule has 144 valence electrons. The molecule has 0 aliphatic carbocycles. The van der Waals surface area contributed by atoms with Crippen LogP contribution in [-0.2, 0) is 20.7 Å². The molecule has 2 aromatic rings. The van der Waals surface area contributed by atoms with Crippen LogP contribution in [0.4, 0.5) is 11.1 Å². The maximum absolute atomic E-state index is 12.5. The van der Waals surface area contributed by atoms with Gasteiger partial charge in [-0.05, 0) is 32.8 Å². The predicted octanol–water partition coefficient (Wildman–Crippen LogP) is 2.25. The number of hydrogen-bond donors (Lipinski definition) is 1. The maximum Gasteiger partial charge on any atom is 0.308 e. The van der Waals surface area contributed by atoms with E-state index in [-0.39, 0.29) is 24.2 Å². The summed E-state index contributed by atoms with van der Waals surface area (Å²) in [7, 11) is 1.40. The second kappa shape index (κ2) is 8.43. The van der Waals surface area contributed by atoms with Gasteiger partial charge in [0.25, 0.3) is 0 Å². The number of likely N-dealkylation sites (tertiary alicyclic amines) is 1. The lowest BCUT2D eigenvalue weighted by Gasteiger charge is -2.30. The average Bonchev–Trinajstić information content (AvgIpc) is 3.07. The van der Waals surface area contributed by atoms with Gasteiger partial charge in [-0.1, -0.05) is 0 Å². The SMILES string of the molecule is COC(=O)C1CCN(C(=O)Cc2csc(Nc3nc(C)cc(C)n3)n2)CC1. The third kappa shape index (κ3) is 5.00. The first-order valence-corrected chi connectivity index (χ1v) is 9.72. The zero-order chi connectivity index (χ0) is 19.4. The molecule has 0 saturated carbocycles. The van der Waals surface area contributed by atoms with Crippen molar-refractivity contribution in [1.82, 2.24) is 19.9 Å². The number of nitrogens with one attached hydrogen (secondary N) is 1. The maximum atomic E-state index is 12.5. The highest BCUT2D eigenvalue weighted by molar-refractivity contribution is 7.13. The number of thiazole rings is 1. The van der Waals surface area contributed by atoms with E-state index in [4.69, 9.17) is 4.74 Å². The van der Waals surface area contributed by atoms with Gasteiger partial charge in [0, 0.05) is 29.9 Å². The van der Waals surface area contributed by atoms with Gasteiger partial charge in [-0.2, -0.15) is 0 Å². The van der Waals surface area contributed by atoms with Crippen molar-refractivity contribution in [2.75, 3.05) is 25.5 Å². The zero-order valence-corrected chi connectivity index (χ0v) is 16.5. The monoisotopic (exact) mass is 389 g/mol. The molecule has 0 unspecified atom stereocenters. The molecule has 27 heavy (non-hydrogen) atoms. The van der Waals surface area contributed by atoms with Gasteiger partial charge in [0.1, 0.15) is 0 Å². The fraction of sp³-hybridized carbons (Fsp3) is 0.500. The van der Waals surface area contributed by atoms with E-state index in [0.29, 0.717) is 42.7 Å². The number of carbonyl (C=O) groups is 2. The van der Waals surface area contributed by atoms with E-state index < -0.39 is 0 Å². The van der Waals surface area contributed by atoms with Gasteiger partial charge in [0.05, 0.1) is 25.1 Å². The molecule has 0 bridgehead atoms. The number of piperidine rings is 1. The minimum Gasteiger partial charge on any atom is -0.469 e. The van der Waals surface area contributed by atoms with Crippen molar-refractivity contribution in [3.8, 4) is 0 Å². The molecule has 1 aliphatic rings. The molecule has 0 radical (unpaired) electrons. The zero-order valence-electron chi connectivity index (χ0n) is 15.7. The number of ether oxygens (including phenoxy) is 1. The third-order valence-electron chi connectivity index (χ3n) is 4.47. The van der Waals surface area contributed by atoms with Gasteiger partial charge < -0.3 is 15.0 Å². The molecule has 1 amide bonds. The number of carbonyl (C=O) groups excluding carboxylic acids is 2. The Bertz CT molecular complexity index is 810. The van der Waals surface area contributed by atoms with Gasteiger partial charge in [0.2, 0.25) is 11.9 Å². The third-order valence-corrected chi connectivity index (χ3v) is 5.27. The van der Waals surface area contributed by atoms with Crippen LogP contribution < -0.4 is 5.32 Å². The number of anilines is 2. The smallest absolute Gasteiger partial charge is 0.308 e. The summed E-state index contributed by atoms with van der Waals surface area (Å²) >= 11 is 1.42. The molecular formula is C18H23N5O3S. The molecule has 1 N–H and O–H groups in total. The lowest BCUT2D eigenvalue weighted by Crippen LogP contribution is -2.41. The number of hydrogen-bond acceptors (Lipinski definition) is 8. The highest BCUT2D eigenvalue weighted by Crippen LogP contribution is 2.22. The van der Waals surface area contributed by atoms with Crippen LogP contribution in [0.1, 0.15) is 29.9 Å². The Morgan fingerprint density at radius 2 is 1.89 bits per heavy atom. The molecule has 0 spiro atoms. The van der Waals surface area contributed by atoms with Crippen LogP contribution in [0.5, 0.6) is 0 Å². The highest BCUT2D eigenvalue weighted by Gasteiger charge is 2.28. The number of aryl methyl sites for hydroxylation is 2. The number of aromatic nitrogens is 3. The number of amides is 1. The van der Waals surface area contributed by atoms with E-state index >= 15 is 0 Å². The Balaban J connectivity index is 1.54. The molecular weight excluding hydrogens is 366 g/mol. The van der Waals surface area contributed by atoms with Crippen LogP contribution in [0.3, 0.4) is 0 Å². The van der Waals surface area contributed by atoms with Crippen molar-refractivity contribution in [2.45, 2.75) is 33.1 Å². The first kappa shape index (κ1) is 19.2. The molecule has 1 aliphatic heterocycles. The largest absolute Gasteiger partial charge is 0.469 e. The number of methoxy groups -OCH3 is 1. The summed E-state index contributed by atoms with van der Waals surface area (Å²) in [4.78, 5) is 39.0. The quantitative estimate of drug-likeness (QED) is 0.783. The number of rotatable bonds is 5. The van der Waals surface area contributed by atoms with Crippen LogP contribution in [0, 0.1) is 19.8 Å². The summed E-state index contributed by atoms with van der Waals surface area (Å²) in [6.45, 7) is 4.97. The predicted molar refractivity (Wildman–Crippen MR) is 102 cm³/mol. The van der Waals surface area contributed by atoms with Crippen LogP contribution in [0.25, 0.3) is 0 Å². The average molecular weight is 389 g/mol. The Morgan fingerprint density at radius 3 is 2.52 bits per heavy atom. The fourth-order valence-electron chi connectivity index (χ4n) is 3.12. The molecule has 0 atom stereocenters. The lowest BCUT2D eigenvalue weighted by atomic mass is 9.97. The molecule has 3 rings (SSSR count). The van der Waals surface area contributed by atoms with Gasteiger partial charge in [0.15, 0.2) is 5.13 Å². The van der Waals surface area contributed by atoms with Crippen molar-refractivity contribution in [2.24, 2.45) is 5.92 Å². The minimum absolute atomic E-state index is 0.0258. The van der Waals surface area contributed by atoms with E-state index in [2.05, 4.69) is 20.3 Å². The van der Waals surface area contributed by atoms with E-state index in [0.717, 1.165) is 11.4 Å². The van der Waals surface area contributed by atoms with Gasteiger partial charge in [-0.25, -0.2) is 15.0 Å². The Hall–Kier alpha value is -2.55. The summed E-state index contributed by atoms with van der Waals surface area (Å²) in [5.41, 5.74) is 2.48. The van der Waals surface area contributed by atoms with E-state index in [9.17, 15) is 9.59 Å². The van der Waals surface area contributed by atoms with Crippen molar-refractivity contribution in [3.63, 3.8) is 0 Å². The summed E-state index contributed by atoms with van der Waals surface area (Å²) in [6, 6.07) is 1.90. The first-order valence-electron chi connectivity index (χ1n) is 8.84. The van der Waals surface area contributed by atoms with Crippen molar-refractivity contribution in [1.29, 1.82) is 0 Å². The molecule has 1 fully saturated rings. The van der Waals surface area contributed by atoms with Gasteiger partial charge in [-0.15, -0.1) is 11.3 Å². The van der Waals surface area contributed by atoms with Crippen LogP contribution >= 0.6 is 11.3 Å². The molecule has 0 aromatic carbocycles. The normalized spacial score (nSPS) is 14.9. The summed E-state index contributed by atoms with van der Waals surface area (Å²) in [6.07, 6.45) is 1.54. The Labute approximate surface area is 162 Å². The Kier molecular flexibility index (Phi) is 6.00. The summed E-state index contributed by atoms with van der Waals surface area (Å²) in [5, 5.41) is 5.62. The molecule has 1 saturated heterocycles. The topological polar surface area (TPSA) is 97.3 Å². The van der Waals surface area contributed by atoms with E-state index in [1.165, 1.54) is 18.4 Å². The number of esters is 1.